The Balaban J connectivity index is 0.944. The Morgan fingerprint density at radius 2 is 1.84 bits per heavy atom. The summed E-state index contributed by atoms with van der Waals surface area (Å²) in [6.07, 6.45) is 10.7. The fourth-order valence-electron chi connectivity index (χ4n) is 12.6. The molecule has 16 atom stereocenters. The minimum Gasteiger partial charge on any atom is -0.394 e. The molecule has 1 spiro atoms. The van der Waals surface area contributed by atoms with Crippen molar-refractivity contribution in [3.05, 3.63) is 11.6 Å². The summed E-state index contributed by atoms with van der Waals surface area (Å²) in [6.45, 7) is 11.7. The monoisotopic (exact) mass is 701 g/mol. The standard InChI is InChI=1S/C39H63N3O8/c1-22-10-15-39(47-21-22)23(2)31-29(50-39)19-28-26-9-8-24-18-25(11-13-37(24,3)27(26)12-14-38(28,31)4)48-35-32(34(45)33(44)30(20-43)49-35)40-36(46)41-42-16-6-5-7-17-42/h8,22-23,25-35,43-45H,5-7,9-21H2,1-4H3,(H2,40,41,46)/t22-,23+,25+,26-,27+,28+,29+,30-,31+,32-,33-,34-,35-,37+,38+,39-/m1/s1. The Labute approximate surface area is 298 Å². The fraction of sp³-hybridized carbons (Fsp3) is 0.923. The molecule has 0 aromatic rings. The summed E-state index contributed by atoms with van der Waals surface area (Å²) in [4.78, 5) is 13.0. The summed E-state index contributed by atoms with van der Waals surface area (Å²) < 4.78 is 26.2. The third-order valence-electron chi connectivity index (χ3n) is 15.4. The molecule has 3 saturated carbocycles. The molecule has 7 fully saturated rings. The maximum atomic E-state index is 13.0. The molecular weight excluding hydrogens is 638 g/mol. The molecule has 11 nitrogen and oxygen atoms in total. The number of urea groups is 1. The van der Waals surface area contributed by atoms with Crippen LogP contribution >= 0.6 is 0 Å². The average Bonchev–Trinajstić information content (AvgIpc) is 3.55. The van der Waals surface area contributed by atoms with Crippen molar-refractivity contribution < 1.29 is 39.1 Å². The first-order valence-electron chi connectivity index (χ1n) is 20.1. The van der Waals surface area contributed by atoms with Crippen LogP contribution in [0.3, 0.4) is 0 Å². The Kier molecular flexibility index (Phi) is 9.65. The first-order valence-corrected chi connectivity index (χ1v) is 20.1. The van der Waals surface area contributed by atoms with Gasteiger partial charge in [-0.05, 0) is 105 Å². The van der Waals surface area contributed by atoms with E-state index in [0.717, 1.165) is 77.5 Å². The Morgan fingerprint density at radius 1 is 1.04 bits per heavy atom. The summed E-state index contributed by atoms with van der Waals surface area (Å²) >= 11 is 0. The van der Waals surface area contributed by atoms with E-state index in [4.69, 9.17) is 18.9 Å². The summed E-state index contributed by atoms with van der Waals surface area (Å²) in [5.74, 6) is 3.15. The molecule has 5 N–H and O–H groups in total. The molecule has 0 aromatic carbocycles. The summed E-state index contributed by atoms with van der Waals surface area (Å²) in [6, 6.07) is -1.45. The van der Waals surface area contributed by atoms with Gasteiger partial charge in [-0.15, -0.1) is 0 Å². The van der Waals surface area contributed by atoms with E-state index in [1.807, 2.05) is 5.01 Å². The average molecular weight is 702 g/mol. The summed E-state index contributed by atoms with van der Waals surface area (Å²) in [7, 11) is 0. The lowest BCUT2D eigenvalue weighted by Crippen LogP contribution is -2.67. The van der Waals surface area contributed by atoms with Crippen molar-refractivity contribution in [1.82, 2.24) is 15.8 Å². The largest absolute Gasteiger partial charge is 0.394 e. The molecule has 11 heteroatoms. The third-order valence-corrected chi connectivity index (χ3v) is 15.4. The number of carbonyl (C=O) groups excluding carboxylic acids is 1. The zero-order valence-corrected chi connectivity index (χ0v) is 30.7. The molecule has 8 aliphatic rings. The molecule has 50 heavy (non-hydrogen) atoms. The molecule has 0 aromatic heterocycles. The van der Waals surface area contributed by atoms with Gasteiger partial charge in [0.25, 0.3) is 0 Å². The van der Waals surface area contributed by atoms with E-state index in [1.54, 1.807) is 0 Å². The van der Waals surface area contributed by atoms with Crippen molar-refractivity contribution >= 4 is 6.03 Å². The van der Waals surface area contributed by atoms with E-state index in [9.17, 15) is 20.1 Å². The van der Waals surface area contributed by atoms with Crippen LogP contribution in [0.25, 0.3) is 0 Å². The van der Waals surface area contributed by atoms with Crippen LogP contribution in [0.1, 0.15) is 105 Å². The van der Waals surface area contributed by atoms with E-state index in [-0.39, 0.29) is 22.7 Å². The van der Waals surface area contributed by atoms with Gasteiger partial charge in [-0.25, -0.2) is 9.80 Å². The molecular formula is C39H63N3O8. The van der Waals surface area contributed by atoms with Gasteiger partial charge in [-0.3, -0.25) is 5.43 Å². The van der Waals surface area contributed by atoms with Crippen LogP contribution in [0.5, 0.6) is 0 Å². The summed E-state index contributed by atoms with van der Waals surface area (Å²) in [5, 5.41) is 36.4. The van der Waals surface area contributed by atoms with Gasteiger partial charge in [0.1, 0.15) is 24.4 Å². The van der Waals surface area contributed by atoms with Crippen molar-refractivity contribution in [2.45, 2.75) is 153 Å². The van der Waals surface area contributed by atoms with Crippen molar-refractivity contribution in [1.29, 1.82) is 0 Å². The molecule has 282 valence electrons. The number of nitrogens with one attached hydrogen (secondary N) is 2. The van der Waals surface area contributed by atoms with Crippen molar-refractivity contribution in [2.24, 2.45) is 46.3 Å². The zero-order valence-electron chi connectivity index (χ0n) is 30.7. The van der Waals surface area contributed by atoms with Gasteiger partial charge >= 0.3 is 6.03 Å². The number of carbonyl (C=O) groups is 1. The molecule has 8 rings (SSSR count). The second-order valence-electron chi connectivity index (χ2n) is 18.1. The van der Waals surface area contributed by atoms with Crippen molar-refractivity contribution in [2.75, 3.05) is 26.3 Å². The van der Waals surface area contributed by atoms with E-state index < -0.39 is 43.3 Å². The first-order chi connectivity index (χ1) is 24.0. The molecule has 4 aliphatic heterocycles. The quantitative estimate of drug-likeness (QED) is 0.266. The fourth-order valence-corrected chi connectivity index (χ4v) is 12.6. The van der Waals surface area contributed by atoms with E-state index in [0.29, 0.717) is 41.6 Å². The van der Waals surface area contributed by atoms with E-state index in [2.05, 4.69) is 44.5 Å². The third kappa shape index (κ3) is 5.89. The van der Waals surface area contributed by atoms with Gasteiger partial charge in [-0.2, -0.15) is 0 Å². The first kappa shape index (κ1) is 35.7. The van der Waals surface area contributed by atoms with Gasteiger partial charge in [0, 0.05) is 25.4 Å². The normalized spacial score (nSPS) is 52.0. The lowest BCUT2D eigenvalue weighted by Gasteiger charge is -2.58. The molecule has 4 saturated heterocycles. The molecule has 0 bridgehead atoms. The van der Waals surface area contributed by atoms with Crippen LogP contribution in [0, 0.1) is 46.3 Å². The minimum atomic E-state index is -1.35. The van der Waals surface area contributed by atoms with Gasteiger partial charge in [0.15, 0.2) is 12.1 Å². The van der Waals surface area contributed by atoms with Crippen LogP contribution in [-0.4, -0.2) is 101 Å². The van der Waals surface area contributed by atoms with Gasteiger partial charge < -0.3 is 39.6 Å². The number of hydrogen-bond acceptors (Lipinski definition) is 9. The van der Waals surface area contributed by atoms with Gasteiger partial charge in [0.2, 0.25) is 0 Å². The van der Waals surface area contributed by atoms with Crippen molar-refractivity contribution in [3.8, 4) is 0 Å². The second kappa shape index (κ2) is 13.5. The maximum Gasteiger partial charge on any atom is 0.329 e. The van der Waals surface area contributed by atoms with Crippen LogP contribution < -0.4 is 10.7 Å². The maximum absolute atomic E-state index is 13.0. The van der Waals surface area contributed by atoms with Gasteiger partial charge in [-0.1, -0.05) is 45.8 Å². The lowest BCUT2D eigenvalue weighted by atomic mass is 9.47. The van der Waals surface area contributed by atoms with Crippen molar-refractivity contribution in [3.63, 3.8) is 0 Å². The number of amides is 2. The highest BCUT2D eigenvalue weighted by Gasteiger charge is 2.68. The number of hydrogen-bond donors (Lipinski definition) is 5. The van der Waals surface area contributed by atoms with Crippen LogP contribution in [0.2, 0.25) is 0 Å². The number of aliphatic hydroxyl groups excluding tert-OH is 3. The predicted molar refractivity (Wildman–Crippen MR) is 185 cm³/mol. The highest BCUT2D eigenvalue weighted by atomic mass is 16.7. The number of nitrogens with zero attached hydrogens (tertiary/aromatic N) is 1. The number of piperidine rings is 1. The lowest BCUT2D eigenvalue weighted by molar-refractivity contribution is -0.283. The molecule has 0 radical (unpaired) electrons. The smallest absolute Gasteiger partial charge is 0.329 e. The topological polar surface area (TPSA) is 142 Å². The highest BCUT2D eigenvalue weighted by molar-refractivity contribution is 5.73. The zero-order chi connectivity index (χ0) is 35.0. The summed E-state index contributed by atoms with van der Waals surface area (Å²) in [5.41, 5.74) is 4.73. The Bertz CT molecular complexity index is 1290. The number of hydrazine groups is 1. The molecule has 4 aliphatic carbocycles. The SMILES string of the molecule is C[C@@H]1CC[C@@]2(OC1)O[C@H]1C[C@H]3[C@@H]4CC=C5C[C@@H](O[C@@H]6O[C@H](CO)[C@@H](O)[C@H](O)[C@H]6NC(=O)NN6CCCCC6)CC[C@]5(C)[C@H]4CC[C@]3(C)[C@H]1[C@@H]2C. The highest BCUT2D eigenvalue weighted by Crippen LogP contribution is 2.70. The number of allylic oxidation sites excluding steroid dienone is 1. The molecule has 4 heterocycles. The van der Waals surface area contributed by atoms with Crippen LogP contribution in [-0.2, 0) is 18.9 Å². The van der Waals surface area contributed by atoms with Crippen LogP contribution in [0.4, 0.5) is 4.79 Å². The van der Waals surface area contributed by atoms with Gasteiger partial charge in [0.05, 0.1) is 25.4 Å². The second-order valence-corrected chi connectivity index (χ2v) is 18.1. The Morgan fingerprint density at radius 3 is 2.58 bits per heavy atom. The van der Waals surface area contributed by atoms with E-state index in [1.165, 1.54) is 24.8 Å². The number of ether oxygens (including phenoxy) is 4. The number of rotatable bonds is 5. The Hall–Kier alpha value is -1.31. The number of aliphatic hydroxyl groups is 3. The molecule has 2 amide bonds. The predicted octanol–water partition coefficient (Wildman–Crippen LogP) is 4.25. The minimum absolute atomic E-state index is 0.112. The number of fused-ring (bicyclic) bond motifs is 7. The molecule has 0 unspecified atom stereocenters. The van der Waals surface area contributed by atoms with Crippen LogP contribution in [0.15, 0.2) is 11.6 Å². The van der Waals surface area contributed by atoms with E-state index >= 15 is 0 Å².